The maximum Gasteiger partial charge on any atom is 0.357 e. The van der Waals surface area contributed by atoms with Crippen molar-refractivity contribution in [3.8, 4) is 0 Å². The Bertz CT molecular complexity index is 933. The van der Waals surface area contributed by atoms with Gasteiger partial charge in [-0.2, -0.15) is 0 Å². The minimum Gasteiger partial charge on any atom is -0.349 e. The molecule has 0 fully saturated rings. The summed E-state index contributed by atoms with van der Waals surface area (Å²) < 4.78 is 1.42. The summed E-state index contributed by atoms with van der Waals surface area (Å²) in [5.74, 6) is 0. The first kappa shape index (κ1) is 14.8. The van der Waals surface area contributed by atoms with E-state index in [4.69, 9.17) is 0 Å². The highest BCUT2D eigenvalue weighted by Gasteiger charge is 2.25. The van der Waals surface area contributed by atoms with Crippen LogP contribution < -0.4 is 10.9 Å². The summed E-state index contributed by atoms with van der Waals surface area (Å²) in [7, 11) is 0. The van der Waals surface area contributed by atoms with Gasteiger partial charge in [-0.25, -0.2) is 0 Å². The Morgan fingerprint density at radius 3 is 2.39 bits per heavy atom. The number of hydrogen-bond donors (Lipinski definition) is 1. The molecule has 0 spiro atoms. The lowest BCUT2D eigenvalue weighted by Gasteiger charge is -2.14. The van der Waals surface area contributed by atoms with E-state index >= 15 is 0 Å². The Kier molecular flexibility index (Phi) is 3.80. The van der Waals surface area contributed by atoms with Gasteiger partial charge in [0.1, 0.15) is 5.69 Å². The largest absolute Gasteiger partial charge is 0.357 e. The Morgan fingerprint density at radius 2 is 1.74 bits per heavy atom. The zero-order chi connectivity index (χ0) is 16.4. The van der Waals surface area contributed by atoms with Crippen molar-refractivity contribution >= 4 is 28.0 Å². The normalized spacial score (nSPS) is 10.7. The average molecular weight is 309 g/mol. The van der Waals surface area contributed by atoms with Crippen molar-refractivity contribution in [2.45, 2.75) is 13.5 Å². The maximum absolute atomic E-state index is 12.5. The fraction of sp³-hybridized carbons (Fsp3) is 0.118. The van der Waals surface area contributed by atoms with E-state index in [0.717, 1.165) is 0 Å². The van der Waals surface area contributed by atoms with Crippen LogP contribution in [0, 0.1) is 10.1 Å². The average Bonchev–Trinajstić information content (AvgIpc) is 2.56. The molecule has 0 aliphatic rings. The number of aromatic nitrogens is 1. The fourth-order valence-electron chi connectivity index (χ4n) is 2.67. The number of nitrogens with one attached hydrogen (secondary N) is 1. The molecule has 6 heteroatoms. The molecule has 0 aliphatic heterocycles. The monoisotopic (exact) mass is 309 g/mol. The topological polar surface area (TPSA) is 77.2 Å². The Labute approximate surface area is 132 Å². The summed E-state index contributed by atoms with van der Waals surface area (Å²) in [6.45, 7) is 2.16. The molecule has 3 rings (SSSR count). The molecular formula is C17H15N3O3. The SMILES string of the molecule is CCn1c(=O)c([N+](=O)[O-])c(Nc2ccccc2)c2ccccc21. The van der Waals surface area contributed by atoms with Gasteiger partial charge in [-0.3, -0.25) is 14.9 Å². The van der Waals surface area contributed by atoms with E-state index in [2.05, 4.69) is 5.32 Å². The van der Waals surface area contributed by atoms with E-state index < -0.39 is 16.2 Å². The number of anilines is 2. The number of benzene rings is 2. The van der Waals surface area contributed by atoms with E-state index in [1.54, 1.807) is 37.3 Å². The number of pyridine rings is 1. The predicted octanol–water partition coefficient (Wildman–Crippen LogP) is 3.67. The van der Waals surface area contributed by atoms with Gasteiger partial charge in [0, 0.05) is 17.6 Å². The Morgan fingerprint density at radius 1 is 1.09 bits per heavy atom. The third kappa shape index (κ3) is 2.55. The van der Waals surface area contributed by atoms with Crippen LogP contribution in [0.25, 0.3) is 10.9 Å². The second-order valence-electron chi connectivity index (χ2n) is 5.04. The Balaban J connectivity index is 2.36. The van der Waals surface area contributed by atoms with Crippen molar-refractivity contribution in [2.75, 3.05) is 5.32 Å². The first-order valence-corrected chi connectivity index (χ1v) is 7.25. The molecule has 2 aromatic carbocycles. The zero-order valence-corrected chi connectivity index (χ0v) is 12.5. The molecule has 0 saturated carbocycles. The van der Waals surface area contributed by atoms with Crippen LogP contribution in [0.4, 0.5) is 17.1 Å². The zero-order valence-electron chi connectivity index (χ0n) is 12.5. The van der Waals surface area contributed by atoms with Crippen molar-refractivity contribution in [2.24, 2.45) is 0 Å². The summed E-state index contributed by atoms with van der Waals surface area (Å²) >= 11 is 0. The van der Waals surface area contributed by atoms with Crippen molar-refractivity contribution in [3.05, 3.63) is 75.1 Å². The van der Waals surface area contributed by atoms with Crippen LogP contribution >= 0.6 is 0 Å². The van der Waals surface area contributed by atoms with E-state index in [1.165, 1.54) is 4.57 Å². The molecule has 0 unspecified atom stereocenters. The van der Waals surface area contributed by atoms with E-state index in [9.17, 15) is 14.9 Å². The van der Waals surface area contributed by atoms with Gasteiger partial charge < -0.3 is 9.88 Å². The number of para-hydroxylation sites is 2. The molecule has 1 aromatic heterocycles. The lowest BCUT2D eigenvalue weighted by molar-refractivity contribution is -0.385. The van der Waals surface area contributed by atoms with Crippen LogP contribution in [0.1, 0.15) is 6.92 Å². The summed E-state index contributed by atoms with van der Waals surface area (Å²) in [6, 6.07) is 16.3. The molecule has 0 aliphatic carbocycles. The molecule has 0 radical (unpaired) electrons. The van der Waals surface area contributed by atoms with Gasteiger partial charge in [0.15, 0.2) is 0 Å². The van der Waals surface area contributed by atoms with Gasteiger partial charge in [-0.05, 0) is 25.1 Å². The summed E-state index contributed by atoms with van der Waals surface area (Å²) in [5, 5.41) is 15.2. The van der Waals surface area contributed by atoms with Crippen LogP contribution in [0.3, 0.4) is 0 Å². The van der Waals surface area contributed by atoms with Gasteiger partial charge in [0.25, 0.3) is 0 Å². The number of nitrogens with zero attached hydrogens (tertiary/aromatic N) is 2. The molecule has 1 N–H and O–H groups in total. The first-order chi connectivity index (χ1) is 11.1. The highest BCUT2D eigenvalue weighted by Crippen LogP contribution is 2.32. The highest BCUT2D eigenvalue weighted by molar-refractivity contribution is 5.97. The highest BCUT2D eigenvalue weighted by atomic mass is 16.6. The number of aryl methyl sites for hydroxylation is 1. The second-order valence-corrected chi connectivity index (χ2v) is 5.04. The van der Waals surface area contributed by atoms with Crippen molar-refractivity contribution < 1.29 is 4.92 Å². The molecule has 0 saturated heterocycles. The maximum atomic E-state index is 12.5. The summed E-state index contributed by atoms with van der Waals surface area (Å²) in [5.41, 5.74) is 0.550. The Hall–Kier alpha value is -3.15. The number of hydrogen-bond acceptors (Lipinski definition) is 4. The van der Waals surface area contributed by atoms with Gasteiger partial charge in [0.05, 0.1) is 10.4 Å². The lowest BCUT2D eigenvalue weighted by Crippen LogP contribution is -2.23. The molecular weight excluding hydrogens is 294 g/mol. The van der Waals surface area contributed by atoms with Crippen LogP contribution in [0.5, 0.6) is 0 Å². The molecule has 6 nitrogen and oxygen atoms in total. The third-order valence-electron chi connectivity index (χ3n) is 3.69. The van der Waals surface area contributed by atoms with Crippen LogP contribution in [0.2, 0.25) is 0 Å². The second kappa shape index (κ2) is 5.92. The number of nitro groups is 1. The van der Waals surface area contributed by atoms with E-state index in [-0.39, 0.29) is 5.69 Å². The van der Waals surface area contributed by atoms with E-state index in [0.29, 0.717) is 23.1 Å². The summed E-state index contributed by atoms with van der Waals surface area (Å²) in [6.07, 6.45) is 0. The van der Waals surface area contributed by atoms with Crippen LogP contribution in [0.15, 0.2) is 59.4 Å². The lowest BCUT2D eigenvalue weighted by atomic mass is 10.1. The summed E-state index contributed by atoms with van der Waals surface area (Å²) in [4.78, 5) is 23.4. The van der Waals surface area contributed by atoms with Crippen molar-refractivity contribution in [1.82, 2.24) is 4.57 Å². The number of fused-ring (bicyclic) bond motifs is 1. The molecule has 0 atom stereocenters. The first-order valence-electron chi connectivity index (χ1n) is 7.25. The standard InChI is InChI=1S/C17H15N3O3/c1-2-19-14-11-7-6-10-13(14)15(16(17(19)21)20(22)23)18-12-8-4-3-5-9-12/h3-11,18H,2H2,1H3. The van der Waals surface area contributed by atoms with Crippen molar-refractivity contribution in [1.29, 1.82) is 0 Å². The van der Waals surface area contributed by atoms with Gasteiger partial charge >= 0.3 is 11.2 Å². The van der Waals surface area contributed by atoms with Gasteiger partial charge in [-0.1, -0.05) is 36.4 Å². The quantitative estimate of drug-likeness (QED) is 0.589. The molecule has 1 heterocycles. The van der Waals surface area contributed by atoms with Crippen LogP contribution in [-0.4, -0.2) is 9.49 Å². The molecule has 0 amide bonds. The number of rotatable bonds is 4. The van der Waals surface area contributed by atoms with Gasteiger partial charge in [0.2, 0.25) is 0 Å². The fourth-order valence-corrected chi connectivity index (χ4v) is 2.67. The predicted molar refractivity (Wildman–Crippen MR) is 90.3 cm³/mol. The van der Waals surface area contributed by atoms with E-state index in [1.807, 2.05) is 24.3 Å². The third-order valence-corrected chi connectivity index (χ3v) is 3.69. The molecule has 0 bridgehead atoms. The minimum atomic E-state index is -0.619. The van der Waals surface area contributed by atoms with Gasteiger partial charge in [-0.15, -0.1) is 0 Å². The smallest absolute Gasteiger partial charge is 0.349 e. The molecule has 23 heavy (non-hydrogen) atoms. The van der Waals surface area contributed by atoms with Crippen LogP contribution in [-0.2, 0) is 6.54 Å². The minimum absolute atomic E-state index is 0.228. The molecule has 3 aromatic rings. The molecule has 116 valence electrons. The van der Waals surface area contributed by atoms with Crippen molar-refractivity contribution in [3.63, 3.8) is 0 Å².